The summed E-state index contributed by atoms with van der Waals surface area (Å²) >= 11 is 0. The first-order valence-electron chi connectivity index (χ1n) is 6.62. The van der Waals surface area contributed by atoms with E-state index in [-0.39, 0.29) is 24.5 Å². The second kappa shape index (κ2) is 7.02. The van der Waals surface area contributed by atoms with Crippen LogP contribution in [-0.4, -0.2) is 38.1 Å². The number of anilines is 2. The standard InChI is InChI=1S/C14H19N3O3/c1-20-9-13(18)16-10-4-6-11(7-5-10)17-14(19)12-3-2-8-15-12/h4-7,12,15H,2-3,8-9H2,1H3,(H,16,18)(H,17,19). The van der Waals surface area contributed by atoms with Gasteiger partial charge in [-0.1, -0.05) is 0 Å². The Hall–Kier alpha value is -1.92. The number of methoxy groups -OCH3 is 1. The summed E-state index contributed by atoms with van der Waals surface area (Å²) in [7, 11) is 1.47. The van der Waals surface area contributed by atoms with Gasteiger partial charge in [-0.2, -0.15) is 0 Å². The highest BCUT2D eigenvalue weighted by Gasteiger charge is 2.21. The van der Waals surface area contributed by atoms with Gasteiger partial charge in [0.15, 0.2) is 0 Å². The Balaban J connectivity index is 1.87. The van der Waals surface area contributed by atoms with Crippen molar-refractivity contribution in [1.82, 2.24) is 5.32 Å². The molecule has 0 bridgehead atoms. The van der Waals surface area contributed by atoms with Gasteiger partial charge in [0.05, 0.1) is 6.04 Å². The Kier molecular flexibility index (Phi) is 5.09. The van der Waals surface area contributed by atoms with Gasteiger partial charge in [0.1, 0.15) is 6.61 Å². The number of hydrogen-bond donors (Lipinski definition) is 3. The summed E-state index contributed by atoms with van der Waals surface area (Å²) in [5.74, 6) is -0.224. The van der Waals surface area contributed by atoms with Crippen molar-refractivity contribution in [3.05, 3.63) is 24.3 Å². The first kappa shape index (κ1) is 14.5. The highest BCUT2D eigenvalue weighted by molar-refractivity contribution is 5.96. The lowest BCUT2D eigenvalue weighted by Gasteiger charge is -2.11. The Morgan fingerprint density at radius 3 is 2.45 bits per heavy atom. The van der Waals surface area contributed by atoms with Gasteiger partial charge in [-0.15, -0.1) is 0 Å². The van der Waals surface area contributed by atoms with Crippen LogP contribution >= 0.6 is 0 Å². The normalized spacial score (nSPS) is 17.8. The van der Waals surface area contributed by atoms with E-state index in [1.165, 1.54) is 7.11 Å². The Morgan fingerprint density at radius 2 is 1.90 bits per heavy atom. The average Bonchev–Trinajstić information content (AvgIpc) is 2.95. The molecular weight excluding hydrogens is 258 g/mol. The largest absolute Gasteiger partial charge is 0.375 e. The minimum Gasteiger partial charge on any atom is -0.375 e. The molecule has 1 aliphatic heterocycles. The third kappa shape index (κ3) is 4.04. The molecule has 6 nitrogen and oxygen atoms in total. The molecule has 3 N–H and O–H groups in total. The Bertz CT molecular complexity index is 467. The van der Waals surface area contributed by atoms with Gasteiger partial charge in [-0.25, -0.2) is 0 Å². The summed E-state index contributed by atoms with van der Waals surface area (Å²) in [4.78, 5) is 23.2. The van der Waals surface area contributed by atoms with Crippen LogP contribution in [0, 0.1) is 0 Å². The van der Waals surface area contributed by atoms with Crippen LogP contribution in [0.3, 0.4) is 0 Å². The molecule has 108 valence electrons. The van der Waals surface area contributed by atoms with Crippen LogP contribution in [0.2, 0.25) is 0 Å². The monoisotopic (exact) mass is 277 g/mol. The molecule has 1 aromatic rings. The molecule has 2 rings (SSSR count). The summed E-state index contributed by atoms with van der Waals surface area (Å²) in [6.07, 6.45) is 1.90. The number of ether oxygens (including phenoxy) is 1. The molecule has 0 aromatic heterocycles. The number of hydrogen-bond acceptors (Lipinski definition) is 4. The van der Waals surface area contributed by atoms with Crippen molar-refractivity contribution in [2.45, 2.75) is 18.9 Å². The molecule has 1 aromatic carbocycles. The highest BCUT2D eigenvalue weighted by atomic mass is 16.5. The van der Waals surface area contributed by atoms with Crippen LogP contribution in [0.4, 0.5) is 11.4 Å². The maximum Gasteiger partial charge on any atom is 0.250 e. The molecule has 0 saturated carbocycles. The van der Waals surface area contributed by atoms with E-state index >= 15 is 0 Å². The van der Waals surface area contributed by atoms with Crippen LogP contribution < -0.4 is 16.0 Å². The molecule has 6 heteroatoms. The summed E-state index contributed by atoms with van der Waals surface area (Å²) in [5, 5.41) is 8.69. The van der Waals surface area contributed by atoms with Crippen molar-refractivity contribution >= 4 is 23.2 Å². The number of carbonyl (C=O) groups excluding carboxylic acids is 2. The van der Waals surface area contributed by atoms with E-state index in [0.717, 1.165) is 19.4 Å². The van der Waals surface area contributed by atoms with Gasteiger partial charge in [0.2, 0.25) is 11.8 Å². The number of carbonyl (C=O) groups is 2. The number of nitrogens with one attached hydrogen (secondary N) is 3. The molecule has 20 heavy (non-hydrogen) atoms. The summed E-state index contributed by atoms with van der Waals surface area (Å²) in [6.45, 7) is 0.911. The van der Waals surface area contributed by atoms with Gasteiger partial charge in [0.25, 0.3) is 0 Å². The maximum atomic E-state index is 11.9. The number of benzene rings is 1. The van der Waals surface area contributed by atoms with E-state index in [1.54, 1.807) is 24.3 Å². The maximum absolute atomic E-state index is 11.9. The fraction of sp³-hybridized carbons (Fsp3) is 0.429. The SMILES string of the molecule is COCC(=O)Nc1ccc(NC(=O)C2CCCN2)cc1. The molecule has 1 unspecified atom stereocenters. The van der Waals surface area contributed by atoms with Crippen molar-refractivity contribution in [3.63, 3.8) is 0 Å². The molecule has 2 amide bonds. The zero-order chi connectivity index (χ0) is 14.4. The topological polar surface area (TPSA) is 79.5 Å². The molecule has 1 aliphatic rings. The van der Waals surface area contributed by atoms with Crippen molar-refractivity contribution < 1.29 is 14.3 Å². The summed E-state index contributed by atoms with van der Waals surface area (Å²) < 4.78 is 4.73. The fourth-order valence-electron chi connectivity index (χ4n) is 2.10. The number of amides is 2. The van der Waals surface area contributed by atoms with E-state index in [1.807, 2.05) is 0 Å². The Labute approximate surface area is 117 Å². The van der Waals surface area contributed by atoms with Gasteiger partial charge >= 0.3 is 0 Å². The second-order valence-corrected chi connectivity index (χ2v) is 4.70. The molecule has 1 saturated heterocycles. The van der Waals surface area contributed by atoms with Crippen LogP contribution in [-0.2, 0) is 14.3 Å². The quantitative estimate of drug-likeness (QED) is 0.749. The van der Waals surface area contributed by atoms with Crippen molar-refractivity contribution in [2.24, 2.45) is 0 Å². The Morgan fingerprint density at radius 1 is 1.25 bits per heavy atom. The molecule has 0 radical (unpaired) electrons. The molecular formula is C14H19N3O3. The predicted octanol–water partition coefficient (Wildman–Crippen LogP) is 0.962. The van der Waals surface area contributed by atoms with Crippen molar-refractivity contribution in [2.75, 3.05) is 30.9 Å². The van der Waals surface area contributed by atoms with Crippen molar-refractivity contribution in [1.29, 1.82) is 0 Å². The summed E-state index contributed by atoms with van der Waals surface area (Å²) in [5.41, 5.74) is 1.39. The van der Waals surface area contributed by atoms with E-state index in [9.17, 15) is 9.59 Å². The van der Waals surface area contributed by atoms with Crippen LogP contribution in [0.5, 0.6) is 0 Å². The first-order valence-corrected chi connectivity index (χ1v) is 6.62. The minimum absolute atomic E-state index is 0.0151. The van der Waals surface area contributed by atoms with E-state index < -0.39 is 0 Å². The lowest BCUT2D eigenvalue weighted by Crippen LogP contribution is -2.35. The molecule has 0 aliphatic carbocycles. The van der Waals surface area contributed by atoms with E-state index in [2.05, 4.69) is 16.0 Å². The number of rotatable bonds is 5. The van der Waals surface area contributed by atoms with E-state index in [0.29, 0.717) is 11.4 Å². The molecule has 1 heterocycles. The molecule has 0 spiro atoms. The highest BCUT2D eigenvalue weighted by Crippen LogP contribution is 2.15. The molecule has 1 atom stereocenters. The van der Waals surface area contributed by atoms with Crippen LogP contribution in [0.25, 0.3) is 0 Å². The predicted molar refractivity (Wildman–Crippen MR) is 76.6 cm³/mol. The second-order valence-electron chi connectivity index (χ2n) is 4.70. The minimum atomic E-state index is -0.209. The zero-order valence-corrected chi connectivity index (χ0v) is 11.4. The smallest absolute Gasteiger partial charge is 0.250 e. The third-order valence-electron chi connectivity index (χ3n) is 3.09. The average molecular weight is 277 g/mol. The lowest BCUT2D eigenvalue weighted by atomic mass is 10.2. The zero-order valence-electron chi connectivity index (χ0n) is 11.4. The first-order chi connectivity index (χ1) is 9.69. The van der Waals surface area contributed by atoms with Crippen LogP contribution in [0.15, 0.2) is 24.3 Å². The van der Waals surface area contributed by atoms with Gasteiger partial charge in [-0.3, -0.25) is 9.59 Å². The fourth-order valence-corrected chi connectivity index (χ4v) is 2.10. The van der Waals surface area contributed by atoms with Gasteiger partial charge in [0, 0.05) is 18.5 Å². The third-order valence-corrected chi connectivity index (χ3v) is 3.09. The van der Waals surface area contributed by atoms with Crippen LogP contribution in [0.1, 0.15) is 12.8 Å². The van der Waals surface area contributed by atoms with Crippen molar-refractivity contribution in [3.8, 4) is 0 Å². The van der Waals surface area contributed by atoms with Gasteiger partial charge < -0.3 is 20.7 Å². The lowest BCUT2D eigenvalue weighted by molar-refractivity contribution is -0.119. The summed E-state index contributed by atoms with van der Waals surface area (Å²) in [6, 6.07) is 6.90. The van der Waals surface area contributed by atoms with Gasteiger partial charge in [-0.05, 0) is 43.7 Å². The van der Waals surface area contributed by atoms with E-state index in [4.69, 9.17) is 4.74 Å². The molecule has 1 fully saturated rings.